The highest BCUT2D eigenvalue weighted by atomic mass is 28.4. The van der Waals surface area contributed by atoms with Gasteiger partial charge in [-0.1, -0.05) is 117 Å². The number of rotatable bonds is 22. The largest absolute Gasteiger partial charge is 0.395 e. The first kappa shape index (κ1) is 28.1. The second-order valence-corrected chi connectivity index (χ2v) is 12.7. The molecular weight excluding hydrogens is 360 g/mol. The second kappa shape index (κ2) is 20.4. The van der Waals surface area contributed by atoms with Gasteiger partial charge in [0.1, 0.15) is 0 Å². The molecule has 0 aliphatic rings. The van der Waals surface area contributed by atoms with Gasteiger partial charge >= 0.3 is 8.56 Å². The van der Waals surface area contributed by atoms with Crippen LogP contribution in [-0.2, 0) is 8.85 Å². The number of hydrogen-bond acceptors (Lipinski definition) is 2. The van der Waals surface area contributed by atoms with E-state index in [9.17, 15) is 0 Å². The third kappa shape index (κ3) is 20.9. The van der Waals surface area contributed by atoms with Crippen LogP contribution in [0.25, 0.3) is 0 Å². The molecule has 0 heterocycles. The summed E-state index contributed by atoms with van der Waals surface area (Å²) in [4.78, 5) is 0. The maximum atomic E-state index is 6.08. The Morgan fingerprint density at radius 1 is 0.571 bits per heavy atom. The van der Waals surface area contributed by atoms with Crippen molar-refractivity contribution in [1.29, 1.82) is 0 Å². The molecule has 0 amide bonds. The van der Waals surface area contributed by atoms with E-state index in [0.29, 0.717) is 0 Å². The molecule has 28 heavy (non-hydrogen) atoms. The minimum atomic E-state index is -1.89. The van der Waals surface area contributed by atoms with Gasteiger partial charge in [-0.2, -0.15) is 0 Å². The summed E-state index contributed by atoms with van der Waals surface area (Å²) in [5.74, 6) is 0.764. The fraction of sp³-hybridized carbons (Fsp3) is 1.00. The molecule has 0 aliphatic carbocycles. The Morgan fingerprint density at radius 3 is 1.39 bits per heavy atom. The Hall–Kier alpha value is 0.137. The maximum absolute atomic E-state index is 6.08. The average Bonchev–Trinajstić information content (AvgIpc) is 2.67. The van der Waals surface area contributed by atoms with Gasteiger partial charge in [0, 0.05) is 13.2 Å². The van der Waals surface area contributed by atoms with E-state index in [1.807, 2.05) is 0 Å². The van der Waals surface area contributed by atoms with Crippen molar-refractivity contribution in [3.05, 3.63) is 0 Å². The third-order valence-electron chi connectivity index (χ3n) is 5.95. The third-order valence-corrected chi connectivity index (χ3v) is 7.75. The van der Waals surface area contributed by atoms with Crippen LogP contribution in [0.5, 0.6) is 0 Å². The Bertz CT molecular complexity index is 307. The second-order valence-electron chi connectivity index (χ2n) is 9.35. The van der Waals surface area contributed by atoms with E-state index in [1.165, 1.54) is 103 Å². The predicted octanol–water partition coefficient (Wildman–Crippen LogP) is 9.03. The topological polar surface area (TPSA) is 18.5 Å². The van der Waals surface area contributed by atoms with Crippen molar-refractivity contribution in [2.45, 2.75) is 143 Å². The van der Waals surface area contributed by atoms with Gasteiger partial charge in [0.25, 0.3) is 0 Å². The van der Waals surface area contributed by atoms with Crippen LogP contribution in [0.2, 0.25) is 13.1 Å². The first-order valence-electron chi connectivity index (χ1n) is 12.8. The molecule has 0 fully saturated rings. The van der Waals surface area contributed by atoms with E-state index < -0.39 is 8.56 Å². The van der Waals surface area contributed by atoms with Crippen LogP contribution in [-0.4, -0.2) is 21.8 Å². The van der Waals surface area contributed by atoms with Crippen molar-refractivity contribution < 1.29 is 8.85 Å². The van der Waals surface area contributed by atoms with E-state index in [0.717, 1.165) is 25.6 Å². The molecule has 1 atom stereocenters. The van der Waals surface area contributed by atoms with E-state index >= 15 is 0 Å². The lowest BCUT2D eigenvalue weighted by Gasteiger charge is -2.23. The molecule has 3 heteroatoms. The van der Waals surface area contributed by atoms with Crippen LogP contribution < -0.4 is 0 Å². The van der Waals surface area contributed by atoms with Crippen molar-refractivity contribution in [1.82, 2.24) is 0 Å². The SMILES string of the molecule is CCCCCCCCCCCCCCCCCO[Si](C)(C)OCCC(C)CC. The monoisotopic (exact) mass is 414 g/mol. The molecule has 0 bridgehead atoms. The Morgan fingerprint density at radius 2 is 0.964 bits per heavy atom. The molecule has 1 unspecified atom stereocenters. The van der Waals surface area contributed by atoms with Gasteiger partial charge < -0.3 is 8.85 Å². The Kier molecular flexibility index (Phi) is 20.5. The van der Waals surface area contributed by atoms with Crippen LogP contribution in [0, 0.1) is 5.92 Å². The summed E-state index contributed by atoms with van der Waals surface area (Å²) >= 11 is 0. The van der Waals surface area contributed by atoms with Gasteiger partial charge in [-0.15, -0.1) is 0 Å². The standard InChI is InChI=1S/C25H54O2Si/c1-6-8-9-10-11-12-13-14-15-16-17-18-19-20-21-23-26-28(4,5)27-24-22-25(3)7-2/h25H,6-24H2,1-5H3. The summed E-state index contributed by atoms with van der Waals surface area (Å²) in [6.45, 7) is 13.0. The molecule has 0 aromatic heterocycles. The highest BCUT2D eigenvalue weighted by Gasteiger charge is 2.24. The molecule has 0 aromatic rings. The lowest BCUT2D eigenvalue weighted by molar-refractivity contribution is 0.166. The van der Waals surface area contributed by atoms with E-state index in [2.05, 4.69) is 33.9 Å². The van der Waals surface area contributed by atoms with Gasteiger partial charge in [0.05, 0.1) is 0 Å². The van der Waals surface area contributed by atoms with E-state index in [-0.39, 0.29) is 0 Å². The smallest absolute Gasteiger partial charge is 0.331 e. The first-order valence-corrected chi connectivity index (χ1v) is 15.6. The normalized spacial score (nSPS) is 13.2. The van der Waals surface area contributed by atoms with E-state index in [1.54, 1.807) is 0 Å². The summed E-state index contributed by atoms with van der Waals surface area (Å²) in [5.41, 5.74) is 0. The minimum Gasteiger partial charge on any atom is -0.395 e. The fourth-order valence-corrected chi connectivity index (χ4v) is 4.87. The lowest BCUT2D eigenvalue weighted by Crippen LogP contribution is -2.35. The summed E-state index contributed by atoms with van der Waals surface area (Å²) in [6, 6.07) is 0. The Labute approximate surface area is 179 Å². The van der Waals surface area contributed by atoms with Gasteiger partial charge in [-0.25, -0.2) is 0 Å². The van der Waals surface area contributed by atoms with Crippen molar-refractivity contribution in [2.24, 2.45) is 5.92 Å². The van der Waals surface area contributed by atoms with Crippen LogP contribution in [0.15, 0.2) is 0 Å². The molecule has 0 rings (SSSR count). The quantitative estimate of drug-likeness (QED) is 0.130. The van der Waals surface area contributed by atoms with Crippen LogP contribution in [0.3, 0.4) is 0 Å². The molecule has 2 nitrogen and oxygen atoms in total. The molecule has 0 radical (unpaired) electrons. The molecule has 0 saturated heterocycles. The van der Waals surface area contributed by atoms with Gasteiger partial charge in [-0.05, 0) is 31.9 Å². The zero-order valence-electron chi connectivity index (χ0n) is 20.3. The van der Waals surface area contributed by atoms with Gasteiger partial charge in [0.2, 0.25) is 0 Å². The van der Waals surface area contributed by atoms with Gasteiger partial charge in [-0.3, -0.25) is 0 Å². The van der Waals surface area contributed by atoms with Crippen LogP contribution >= 0.6 is 0 Å². The minimum absolute atomic E-state index is 0.764. The fourth-order valence-electron chi connectivity index (χ4n) is 3.54. The summed E-state index contributed by atoms with van der Waals surface area (Å²) < 4.78 is 12.1. The first-order chi connectivity index (χ1) is 13.5. The zero-order valence-corrected chi connectivity index (χ0v) is 21.3. The number of hydrogen-bond donors (Lipinski definition) is 0. The molecule has 0 aliphatic heterocycles. The lowest BCUT2D eigenvalue weighted by atomic mass is 10.0. The maximum Gasteiger partial charge on any atom is 0.331 e. The van der Waals surface area contributed by atoms with Crippen LogP contribution in [0.4, 0.5) is 0 Å². The summed E-state index contributed by atoms with van der Waals surface area (Å²) in [6.07, 6.45) is 23.6. The van der Waals surface area contributed by atoms with Crippen LogP contribution in [0.1, 0.15) is 130 Å². The molecular formula is C25H54O2Si. The number of unbranched alkanes of at least 4 members (excludes halogenated alkanes) is 14. The highest BCUT2D eigenvalue weighted by Crippen LogP contribution is 2.15. The van der Waals surface area contributed by atoms with Crippen molar-refractivity contribution in [3.63, 3.8) is 0 Å². The van der Waals surface area contributed by atoms with Crippen molar-refractivity contribution >= 4 is 8.56 Å². The van der Waals surface area contributed by atoms with Gasteiger partial charge in [0.15, 0.2) is 0 Å². The van der Waals surface area contributed by atoms with Crippen molar-refractivity contribution in [2.75, 3.05) is 13.2 Å². The van der Waals surface area contributed by atoms with E-state index in [4.69, 9.17) is 8.85 Å². The molecule has 0 saturated carbocycles. The summed E-state index contributed by atoms with van der Waals surface area (Å²) in [7, 11) is -1.89. The molecule has 0 N–H and O–H groups in total. The molecule has 170 valence electrons. The molecule has 0 spiro atoms. The highest BCUT2D eigenvalue weighted by molar-refractivity contribution is 6.64. The molecule has 0 aromatic carbocycles. The Balaban J connectivity index is 3.26. The van der Waals surface area contributed by atoms with Crippen molar-refractivity contribution in [3.8, 4) is 0 Å². The zero-order chi connectivity index (χ0) is 20.9. The average molecular weight is 415 g/mol. The summed E-state index contributed by atoms with van der Waals surface area (Å²) in [5, 5.41) is 0. The predicted molar refractivity (Wildman–Crippen MR) is 128 cm³/mol.